The highest BCUT2D eigenvalue weighted by Crippen LogP contribution is 2.20. The van der Waals surface area contributed by atoms with Gasteiger partial charge in [-0.1, -0.05) is 35.3 Å². The largest absolute Gasteiger partial charge is 0.484 e. The lowest BCUT2D eigenvalue weighted by Crippen LogP contribution is -2.40. The molecule has 0 aromatic heterocycles. The average Bonchev–Trinajstić information content (AvgIpc) is 2.61. The minimum atomic E-state index is -0.298. The molecule has 0 aliphatic rings. The van der Waals surface area contributed by atoms with E-state index in [1.807, 2.05) is 13.0 Å². The van der Waals surface area contributed by atoms with E-state index < -0.39 is 0 Å². The summed E-state index contributed by atoms with van der Waals surface area (Å²) < 4.78 is 5.44. The number of likely N-dealkylation sites (N-methyl/N-ethyl adjacent to an activating group) is 1. The number of rotatable bonds is 7. The van der Waals surface area contributed by atoms with Crippen LogP contribution in [0.4, 0.5) is 5.69 Å². The normalized spacial score (nSPS) is 10.3. The fourth-order valence-corrected chi connectivity index (χ4v) is 2.61. The van der Waals surface area contributed by atoms with E-state index in [-0.39, 0.29) is 25.0 Å². The van der Waals surface area contributed by atoms with Gasteiger partial charge in [-0.2, -0.15) is 0 Å². The van der Waals surface area contributed by atoms with Gasteiger partial charge in [-0.15, -0.1) is 0 Å². The number of nitrogens with one attached hydrogen (secondary N) is 1. The van der Waals surface area contributed by atoms with Crippen molar-refractivity contribution in [3.63, 3.8) is 0 Å². The highest BCUT2D eigenvalue weighted by atomic mass is 35.5. The van der Waals surface area contributed by atoms with Crippen molar-refractivity contribution in [2.45, 2.75) is 13.8 Å². The van der Waals surface area contributed by atoms with E-state index in [4.69, 9.17) is 27.9 Å². The summed E-state index contributed by atoms with van der Waals surface area (Å²) in [5, 5.41) is 3.83. The lowest BCUT2D eigenvalue weighted by Gasteiger charge is -2.21. The summed E-state index contributed by atoms with van der Waals surface area (Å²) in [5.41, 5.74) is 1.52. The van der Waals surface area contributed by atoms with Crippen molar-refractivity contribution < 1.29 is 14.3 Å². The van der Waals surface area contributed by atoms with Gasteiger partial charge in [0.25, 0.3) is 5.91 Å². The zero-order valence-electron chi connectivity index (χ0n) is 14.6. The SMILES string of the molecule is CCN(CC(=O)Nc1cc(Cl)ccc1C)C(=O)COc1cccc(Cl)c1. The maximum atomic E-state index is 12.3. The van der Waals surface area contributed by atoms with Crippen molar-refractivity contribution >= 4 is 40.7 Å². The molecule has 0 saturated carbocycles. The molecule has 5 nitrogen and oxygen atoms in total. The quantitative estimate of drug-likeness (QED) is 0.766. The molecule has 0 unspecified atom stereocenters. The molecule has 0 aliphatic carbocycles. The molecule has 2 aromatic carbocycles. The van der Waals surface area contributed by atoms with Crippen LogP contribution >= 0.6 is 23.2 Å². The second kappa shape index (κ2) is 9.46. The van der Waals surface area contributed by atoms with E-state index in [0.717, 1.165) is 5.56 Å². The van der Waals surface area contributed by atoms with Crippen molar-refractivity contribution in [2.24, 2.45) is 0 Å². The van der Waals surface area contributed by atoms with Crippen molar-refractivity contribution in [2.75, 3.05) is 25.0 Å². The smallest absolute Gasteiger partial charge is 0.260 e. The summed E-state index contributed by atoms with van der Waals surface area (Å²) in [6, 6.07) is 12.0. The Morgan fingerprint density at radius 1 is 1.12 bits per heavy atom. The standard InChI is InChI=1S/C19H20Cl2N2O3/c1-3-23(19(25)12-26-16-6-4-5-14(20)9-16)11-18(24)22-17-10-15(21)8-7-13(17)2/h4-10H,3,11-12H2,1-2H3,(H,22,24). The molecule has 0 aliphatic heterocycles. The topological polar surface area (TPSA) is 58.6 Å². The second-order valence-electron chi connectivity index (χ2n) is 5.66. The molecule has 0 fully saturated rings. The fourth-order valence-electron chi connectivity index (χ4n) is 2.26. The Balaban J connectivity index is 1.91. The van der Waals surface area contributed by atoms with Crippen LogP contribution in [0.25, 0.3) is 0 Å². The van der Waals surface area contributed by atoms with Crippen molar-refractivity contribution in [3.05, 3.63) is 58.1 Å². The third-order valence-electron chi connectivity index (χ3n) is 3.70. The Morgan fingerprint density at radius 3 is 2.54 bits per heavy atom. The highest BCUT2D eigenvalue weighted by Gasteiger charge is 2.17. The number of nitrogens with zero attached hydrogens (tertiary/aromatic N) is 1. The van der Waals surface area contributed by atoms with Gasteiger partial charge in [0.05, 0.1) is 6.54 Å². The van der Waals surface area contributed by atoms with Gasteiger partial charge in [0, 0.05) is 22.3 Å². The summed E-state index contributed by atoms with van der Waals surface area (Å²) in [5.74, 6) is -0.0836. The van der Waals surface area contributed by atoms with E-state index in [2.05, 4.69) is 5.32 Å². The molecular formula is C19H20Cl2N2O3. The molecule has 2 rings (SSSR count). The molecule has 0 radical (unpaired) electrons. The zero-order chi connectivity index (χ0) is 19.1. The maximum absolute atomic E-state index is 12.3. The number of hydrogen-bond acceptors (Lipinski definition) is 3. The van der Waals surface area contributed by atoms with Crippen LogP contribution in [0.2, 0.25) is 10.0 Å². The zero-order valence-corrected chi connectivity index (χ0v) is 16.1. The number of hydrogen-bond donors (Lipinski definition) is 1. The first kappa shape index (κ1) is 20.1. The predicted molar refractivity (Wildman–Crippen MR) is 104 cm³/mol. The Morgan fingerprint density at radius 2 is 1.85 bits per heavy atom. The van der Waals surface area contributed by atoms with Crippen molar-refractivity contribution in [1.82, 2.24) is 4.90 Å². The van der Waals surface area contributed by atoms with Crippen molar-refractivity contribution in [1.29, 1.82) is 0 Å². The van der Waals surface area contributed by atoms with Gasteiger partial charge in [-0.05, 0) is 49.7 Å². The molecule has 0 heterocycles. The third kappa shape index (κ3) is 5.93. The van der Waals surface area contributed by atoms with Gasteiger partial charge in [0.15, 0.2) is 6.61 Å². The van der Waals surface area contributed by atoms with E-state index in [1.165, 1.54) is 4.90 Å². The minimum Gasteiger partial charge on any atom is -0.484 e. The molecular weight excluding hydrogens is 375 g/mol. The van der Waals surface area contributed by atoms with E-state index in [0.29, 0.717) is 28.0 Å². The molecule has 1 N–H and O–H groups in total. The van der Waals surface area contributed by atoms with Crippen LogP contribution in [0.5, 0.6) is 5.75 Å². The monoisotopic (exact) mass is 394 g/mol. The number of amides is 2. The van der Waals surface area contributed by atoms with Crippen molar-refractivity contribution in [3.8, 4) is 5.75 Å². The summed E-state index contributed by atoms with van der Waals surface area (Å²) in [6.07, 6.45) is 0. The summed E-state index contributed by atoms with van der Waals surface area (Å²) in [7, 11) is 0. The van der Waals surface area contributed by atoms with Crippen LogP contribution in [0.3, 0.4) is 0 Å². The molecule has 0 spiro atoms. The Kier molecular flexibility index (Phi) is 7.30. The number of ether oxygens (including phenoxy) is 1. The van der Waals surface area contributed by atoms with Gasteiger partial charge in [-0.25, -0.2) is 0 Å². The van der Waals surface area contributed by atoms with E-state index in [1.54, 1.807) is 43.3 Å². The number of benzene rings is 2. The first-order valence-electron chi connectivity index (χ1n) is 8.11. The second-order valence-corrected chi connectivity index (χ2v) is 6.53. The molecule has 26 heavy (non-hydrogen) atoms. The molecule has 2 aromatic rings. The average molecular weight is 395 g/mol. The van der Waals surface area contributed by atoms with Crippen LogP contribution in [-0.4, -0.2) is 36.4 Å². The van der Waals surface area contributed by atoms with Crippen LogP contribution in [0.1, 0.15) is 12.5 Å². The molecule has 0 atom stereocenters. The number of anilines is 1. The van der Waals surface area contributed by atoms with Gasteiger partial charge >= 0.3 is 0 Å². The van der Waals surface area contributed by atoms with Crippen LogP contribution in [0, 0.1) is 6.92 Å². The first-order chi connectivity index (χ1) is 12.4. The van der Waals surface area contributed by atoms with Crippen LogP contribution in [0.15, 0.2) is 42.5 Å². The third-order valence-corrected chi connectivity index (χ3v) is 4.17. The summed E-state index contributed by atoms with van der Waals surface area (Å²) >= 11 is 11.8. The minimum absolute atomic E-state index is 0.0693. The van der Waals surface area contributed by atoms with Gasteiger partial charge in [0.2, 0.25) is 5.91 Å². The number of halogens is 2. The summed E-state index contributed by atoms with van der Waals surface area (Å²) in [6.45, 7) is 3.82. The number of aryl methyl sites for hydroxylation is 1. The lowest BCUT2D eigenvalue weighted by atomic mass is 10.2. The number of carbonyl (C=O) groups is 2. The molecule has 7 heteroatoms. The van der Waals surface area contributed by atoms with E-state index >= 15 is 0 Å². The molecule has 2 amide bonds. The molecule has 138 valence electrons. The Bertz CT molecular complexity index is 796. The molecule has 0 bridgehead atoms. The highest BCUT2D eigenvalue weighted by molar-refractivity contribution is 6.31. The Labute approximate surface area is 162 Å². The van der Waals surface area contributed by atoms with Crippen LogP contribution in [-0.2, 0) is 9.59 Å². The van der Waals surface area contributed by atoms with E-state index in [9.17, 15) is 9.59 Å². The Hall–Kier alpha value is -2.24. The maximum Gasteiger partial charge on any atom is 0.260 e. The van der Waals surface area contributed by atoms with Gasteiger partial charge < -0.3 is 15.0 Å². The molecule has 0 saturated heterocycles. The summed E-state index contributed by atoms with van der Waals surface area (Å²) in [4.78, 5) is 26.0. The number of carbonyl (C=O) groups excluding carboxylic acids is 2. The van der Waals surface area contributed by atoms with Crippen LogP contribution < -0.4 is 10.1 Å². The van der Waals surface area contributed by atoms with Gasteiger partial charge in [0.1, 0.15) is 5.75 Å². The first-order valence-corrected chi connectivity index (χ1v) is 8.86. The predicted octanol–water partition coefficient (Wildman–Crippen LogP) is 4.17. The lowest BCUT2D eigenvalue weighted by molar-refractivity contribution is -0.136. The fraction of sp³-hybridized carbons (Fsp3) is 0.263. The van der Waals surface area contributed by atoms with Gasteiger partial charge in [-0.3, -0.25) is 9.59 Å².